The first-order chi connectivity index (χ1) is 28.5. The second-order valence-corrected chi connectivity index (χ2v) is 16.5. The lowest BCUT2D eigenvalue weighted by molar-refractivity contribution is 0.661. The number of rotatable bonds is 4. The quantitative estimate of drug-likeness (QED) is 0.168. The average Bonchev–Trinajstić information content (AvgIpc) is 3.74. The molecule has 0 atom stereocenters. The highest BCUT2D eigenvalue weighted by molar-refractivity contribution is 6.23. The molecule has 0 N–H and O–H groups in total. The second kappa shape index (κ2) is 12.4. The lowest BCUT2D eigenvalue weighted by Gasteiger charge is -2.22. The summed E-state index contributed by atoms with van der Waals surface area (Å²) >= 11 is 0. The molecule has 2 aliphatic carbocycles. The summed E-state index contributed by atoms with van der Waals surface area (Å²) in [6, 6.07) is 57.9. The van der Waals surface area contributed by atoms with Crippen LogP contribution in [0.2, 0.25) is 0 Å². The molecule has 58 heavy (non-hydrogen) atoms. The van der Waals surface area contributed by atoms with Crippen molar-refractivity contribution >= 4 is 49.6 Å². The van der Waals surface area contributed by atoms with Crippen molar-refractivity contribution in [1.29, 1.82) is 0 Å². The first-order valence-electron chi connectivity index (χ1n) is 20.4. The third kappa shape index (κ3) is 4.86. The Morgan fingerprint density at radius 3 is 1.74 bits per heavy atom. The van der Waals surface area contributed by atoms with E-state index in [9.17, 15) is 0 Å². The van der Waals surface area contributed by atoms with Crippen molar-refractivity contribution in [2.24, 2.45) is 0 Å². The Kier molecular flexibility index (Phi) is 7.10. The minimum absolute atomic E-state index is 0.174. The Morgan fingerprint density at radius 1 is 0.517 bits per heavy atom. The molecule has 2 aliphatic rings. The maximum absolute atomic E-state index is 5.31. The van der Waals surface area contributed by atoms with Crippen molar-refractivity contribution < 1.29 is 0 Å². The molecule has 0 saturated heterocycles. The minimum Gasteiger partial charge on any atom is -0.313 e. The third-order valence-electron chi connectivity index (χ3n) is 12.9. The highest BCUT2D eigenvalue weighted by Crippen LogP contribution is 2.51. The number of fused-ring (bicyclic) bond motifs is 12. The van der Waals surface area contributed by atoms with Crippen LogP contribution in [0.4, 0.5) is 0 Å². The molecule has 2 aromatic heterocycles. The summed E-state index contributed by atoms with van der Waals surface area (Å²) < 4.78 is 2.45. The van der Waals surface area contributed by atoms with E-state index in [1.165, 1.54) is 83.1 Å². The fourth-order valence-electron chi connectivity index (χ4n) is 9.96. The van der Waals surface area contributed by atoms with Crippen LogP contribution in [0.3, 0.4) is 0 Å². The summed E-state index contributed by atoms with van der Waals surface area (Å²) in [5.41, 5.74) is 19.2. The van der Waals surface area contributed by atoms with Gasteiger partial charge >= 0.3 is 0 Å². The van der Waals surface area contributed by atoms with Crippen molar-refractivity contribution in [3.05, 3.63) is 192 Å². The van der Waals surface area contributed by atoms with E-state index in [0.29, 0.717) is 0 Å². The van der Waals surface area contributed by atoms with Gasteiger partial charge in [-0.25, -0.2) is 4.98 Å². The fraction of sp³-hybridized carbons (Fsp3) is 0.0909. The highest BCUT2D eigenvalue weighted by Gasteiger charge is 2.36. The Bertz CT molecular complexity index is 3310. The molecule has 8 aromatic carbocycles. The van der Waals surface area contributed by atoms with E-state index in [-0.39, 0.29) is 5.41 Å². The van der Waals surface area contributed by atoms with Gasteiger partial charge in [0.1, 0.15) is 0 Å². The number of benzene rings is 8. The van der Waals surface area contributed by atoms with Gasteiger partial charge in [0.2, 0.25) is 0 Å². The van der Waals surface area contributed by atoms with Crippen molar-refractivity contribution in [3.8, 4) is 50.3 Å². The first kappa shape index (κ1) is 33.1. The van der Waals surface area contributed by atoms with E-state index in [4.69, 9.17) is 9.97 Å². The molecule has 3 nitrogen and oxygen atoms in total. The van der Waals surface area contributed by atoms with Crippen molar-refractivity contribution in [2.45, 2.75) is 32.1 Å². The molecule has 0 aliphatic heterocycles. The van der Waals surface area contributed by atoms with Crippen molar-refractivity contribution in [2.75, 3.05) is 0 Å². The van der Waals surface area contributed by atoms with Crippen LogP contribution in [0.25, 0.3) is 99.9 Å². The number of hydrogen-bond acceptors (Lipinski definition) is 2. The zero-order chi connectivity index (χ0) is 38.5. The summed E-state index contributed by atoms with van der Waals surface area (Å²) in [4.78, 5) is 10.4. The largest absolute Gasteiger partial charge is 0.313 e. The maximum Gasteiger partial charge on any atom is 0.0979 e. The summed E-state index contributed by atoms with van der Waals surface area (Å²) in [6.45, 7) is 4.71. The molecule has 0 unspecified atom stereocenters. The number of nitrogens with zero attached hydrogens (tertiary/aromatic N) is 3. The molecule has 274 valence electrons. The average molecular weight is 742 g/mol. The molecule has 0 saturated carbocycles. The molecule has 0 fully saturated rings. The van der Waals surface area contributed by atoms with Gasteiger partial charge in [0.15, 0.2) is 0 Å². The molecule has 0 radical (unpaired) electrons. The van der Waals surface area contributed by atoms with Gasteiger partial charge in [-0.2, -0.15) is 0 Å². The number of allylic oxidation sites excluding steroid dienone is 1. The molecule has 0 spiro atoms. The van der Waals surface area contributed by atoms with Gasteiger partial charge in [0.05, 0.1) is 28.4 Å². The van der Waals surface area contributed by atoms with Crippen LogP contribution >= 0.6 is 0 Å². The van der Waals surface area contributed by atoms with Gasteiger partial charge in [-0.05, 0) is 98.5 Å². The number of para-hydroxylation sites is 1. The van der Waals surface area contributed by atoms with Gasteiger partial charge in [-0.3, -0.25) is 4.98 Å². The molecular formula is C55H39N3. The van der Waals surface area contributed by atoms with E-state index >= 15 is 0 Å². The van der Waals surface area contributed by atoms with Crippen LogP contribution in [0.5, 0.6) is 0 Å². The third-order valence-corrected chi connectivity index (χ3v) is 12.9. The first-order valence-corrected chi connectivity index (χ1v) is 20.4. The summed E-state index contributed by atoms with van der Waals surface area (Å²) in [7, 11) is 0. The predicted octanol–water partition coefficient (Wildman–Crippen LogP) is 14.1. The Hall–Kier alpha value is -7.10. The molecule has 2 heterocycles. The van der Waals surface area contributed by atoms with Gasteiger partial charge in [-0.1, -0.05) is 153 Å². The van der Waals surface area contributed by atoms with E-state index in [2.05, 4.69) is 188 Å². The van der Waals surface area contributed by atoms with Crippen LogP contribution in [-0.2, 0) is 11.8 Å². The highest BCUT2D eigenvalue weighted by atomic mass is 15.0. The molecule has 0 bridgehead atoms. The second-order valence-electron chi connectivity index (χ2n) is 16.5. The predicted molar refractivity (Wildman–Crippen MR) is 243 cm³/mol. The van der Waals surface area contributed by atoms with Crippen LogP contribution in [-0.4, -0.2) is 14.5 Å². The lowest BCUT2D eigenvalue weighted by Crippen LogP contribution is -2.15. The van der Waals surface area contributed by atoms with E-state index in [1.54, 1.807) is 0 Å². The SMILES string of the molecule is CC1(C)c2cc(-c3ccc(-c4ccc(-n5c6c(c7ccccc75)C=CCC6)cc4)cc3)ccc2-c2ccc(-c3cnc4c5ccccc5c5ccccc5c4n3)cc21. The summed E-state index contributed by atoms with van der Waals surface area (Å²) in [5, 5.41) is 6.02. The zero-order valence-corrected chi connectivity index (χ0v) is 32.5. The van der Waals surface area contributed by atoms with Gasteiger partial charge in [0.25, 0.3) is 0 Å². The fourth-order valence-corrected chi connectivity index (χ4v) is 9.96. The smallest absolute Gasteiger partial charge is 0.0979 e. The van der Waals surface area contributed by atoms with Crippen LogP contribution in [0.15, 0.2) is 170 Å². The molecule has 10 aromatic rings. The van der Waals surface area contributed by atoms with Crippen molar-refractivity contribution in [3.63, 3.8) is 0 Å². The summed E-state index contributed by atoms with van der Waals surface area (Å²) in [5.74, 6) is 0. The summed E-state index contributed by atoms with van der Waals surface area (Å²) in [6.07, 6.45) is 8.70. The lowest BCUT2D eigenvalue weighted by atomic mass is 9.81. The van der Waals surface area contributed by atoms with E-state index < -0.39 is 0 Å². The molecule has 0 amide bonds. The van der Waals surface area contributed by atoms with Crippen molar-refractivity contribution in [1.82, 2.24) is 14.5 Å². The molecule has 12 rings (SSSR count). The molecular weight excluding hydrogens is 703 g/mol. The maximum atomic E-state index is 5.31. The van der Waals surface area contributed by atoms with Crippen LogP contribution in [0.1, 0.15) is 42.7 Å². The Labute approximate surface area is 337 Å². The molecule has 3 heteroatoms. The minimum atomic E-state index is -0.174. The van der Waals surface area contributed by atoms with Gasteiger partial charge in [0, 0.05) is 44.1 Å². The number of aromatic nitrogens is 3. The van der Waals surface area contributed by atoms with E-state index in [1.807, 2.05) is 6.20 Å². The standard InChI is InChI=1S/C55H39N3/c1-55(2)48-31-37(36-21-19-34(20-22-36)35-23-27-39(28-24-35)58-51-17-9-7-13-44(51)45-14-8-10-18-52(45)58)25-29-42(48)43-30-26-38(32-49(43)55)50-33-56-53-46-15-5-3-11-40(46)41-12-4-6-16-47(41)54(53)57-50/h3-9,11-17,19-33H,10,18H2,1-2H3. The topological polar surface area (TPSA) is 30.7 Å². The van der Waals surface area contributed by atoms with Gasteiger partial charge in [-0.15, -0.1) is 0 Å². The normalized spacial score (nSPS) is 14.0. The van der Waals surface area contributed by atoms with Gasteiger partial charge < -0.3 is 4.57 Å². The number of hydrogen-bond donors (Lipinski definition) is 0. The zero-order valence-electron chi connectivity index (χ0n) is 32.5. The Balaban J connectivity index is 0.848. The Morgan fingerprint density at radius 2 is 1.05 bits per heavy atom. The van der Waals surface area contributed by atoms with E-state index in [0.717, 1.165) is 45.9 Å². The van der Waals surface area contributed by atoms with Crippen LogP contribution in [0, 0.1) is 0 Å². The van der Waals surface area contributed by atoms with Crippen LogP contribution < -0.4 is 0 Å². The monoisotopic (exact) mass is 741 g/mol.